The summed E-state index contributed by atoms with van der Waals surface area (Å²) in [6.07, 6.45) is -0.612. The van der Waals surface area contributed by atoms with Crippen molar-refractivity contribution in [3.05, 3.63) is 33.8 Å². The number of thioether (sulfide) groups is 1. The van der Waals surface area contributed by atoms with Crippen LogP contribution in [0.15, 0.2) is 23.2 Å². The van der Waals surface area contributed by atoms with E-state index in [2.05, 4.69) is 15.0 Å². The fourth-order valence-corrected chi connectivity index (χ4v) is 2.75. The zero-order valence-electron chi connectivity index (χ0n) is 10.4. The number of Topliss-reactive ketones (excluding diaryl/α,β-unsaturated/α-hetero) is 1. The minimum atomic E-state index is -0.612. The number of nitrogens with one attached hydrogen (secondary N) is 1. The first-order chi connectivity index (χ1) is 9.51. The van der Waals surface area contributed by atoms with Gasteiger partial charge in [-0.25, -0.2) is 9.79 Å². The van der Waals surface area contributed by atoms with Crippen LogP contribution in [0, 0.1) is 0 Å². The number of halogens is 2. The first-order valence-corrected chi connectivity index (χ1v) is 7.30. The average molecular weight is 333 g/mol. The van der Waals surface area contributed by atoms with Crippen molar-refractivity contribution in [2.24, 2.45) is 4.99 Å². The molecule has 1 atom stereocenters. The molecule has 0 aliphatic carbocycles. The monoisotopic (exact) mass is 332 g/mol. The van der Waals surface area contributed by atoms with Crippen molar-refractivity contribution in [1.29, 1.82) is 0 Å². The van der Waals surface area contributed by atoms with Crippen molar-refractivity contribution in [2.75, 3.05) is 12.9 Å². The summed E-state index contributed by atoms with van der Waals surface area (Å²) < 4.78 is 4.46. The van der Waals surface area contributed by atoms with Crippen LogP contribution in [0.4, 0.5) is 4.79 Å². The van der Waals surface area contributed by atoms with Gasteiger partial charge in [-0.2, -0.15) is 0 Å². The average Bonchev–Trinajstić information content (AvgIpc) is 2.89. The van der Waals surface area contributed by atoms with E-state index in [-0.39, 0.29) is 5.78 Å². The summed E-state index contributed by atoms with van der Waals surface area (Å²) in [6.45, 7) is 0. The molecule has 1 N–H and O–H groups in total. The van der Waals surface area contributed by atoms with Crippen molar-refractivity contribution in [2.45, 2.75) is 6.04 Å². The fourth-order valence-electron chi connectivity index (χ4n) is 1.56. The number of amides is 1. The second-order valence-electron chi connectivity index (χ2n) is 3.87. The van der Waals surface area contributed by atoms with Crippen molar-refractivity contribution in [3.63, 3.8) is 0 Å². The molecule has 5 nitrogen and oxygen atoms in total. The number of alkyl carbamates (subject to hydrolysis) is 1. The molecule has 20 heavy (non-hydrogen) atoms. The van der Waals surface area contributed by atoms with Crippen molar-refractivity contribution in [3.8, 4) is 0 Å². The predicted octanol–water partition coefficient (Wildman–Crippen LogP) is 3.00. The van der Waals surface area contributed by atoms with E-state index < -0.39 is 12.1 Å². The minimum Gasteiger partial charge on any atom is -0.453 e. The first kappa shape index (κ1) is 15.2. The maximum absolute atomic E-state index is 12.2. The summed E-state index contributed by atoms with van der Waals surface area (Å²) in [5.41, 5.74) is 0.438. The van der Waals surface area contributed by atoms with E-state index in [1.54, 1.807) is 12.1 Å². The van der Waals surface area contributed by atoms with E-state index in [0.717, 1.165) is 0 Å². The Labute approximate surface area is 129 Å². The highest BCUT2D eigenvalue weighted by Gasteiger charge is 2.27. The van der Waals surface area contributed by atoms with Gasteiger partial charge in [-0.1, -0.05) is 35.0 Å². The quantitative estimate of drug-likeness (QED) is 0.845. The van der Waals surface area contributed by atoms with E-state index in [1.807, 2.05) is 0 Å². The van der Waals surface area contributed by atoms with Crippen LogP contribution < -0.4 is 5.32 Å². The number of nitrogens with zero attached hydrogens (tertiary/aromatic N) is 1. The van der Waals surface area contributed by atoms with Crippen LogP contribution in [0.1, 0.15) is 10.4 Å². The summed E-state index contributed by atoms with van der Waals surface area (Å²) in [5, 5.41) is 3.52. The molecule has 1 aliphatic heterocycles. The second kappa shape index (κ2) is 6.47. The summed E-state index contributed by atoms with van der Waals surface area (Å²) in [7, 11) is 1.26. The van der Waals surface area contributed by atoms with Crippen LogP contribution in [0.25, 0.3) is 0 Å². The van der Waals surface area contributed by atoms with Gasteiger partial charge < -0.3 is 4.74 Å². The number of rotatable bonds is 2. The van der Waals surface area contributed by atoms with E-state index in [1.165, 1.54) is 24.9 Å². The number of amidine groups is 1. The van der Waals surface area contributed by atoms with Crippen LogP contribution in [0.3, 0.4) is 0 Å². The highest BCUT2D eigenvalue weighted by Crippen LogP contribution is 2.25. The number of benzene rings is 1. The van der Waals surface area contributed by atoms with Crippen molar-refractivity contribution < 1.29 is 14.3 Å². The molecule has 0 saturated carbocycles. The number of aliphatic imine (C=N–C) groups is 1. The highest BCUT2D eigenvalue weighted by molar-refractivity contribution is 8.14. The number of hydrogen-bond donors (Lipinski definition) is 1. The number of ether oxygens (including phenoxy) is 1. The van der Waals surface area contributed by atoms with Crippen molar-refractivity contribution >= 4 is 52.0 Å². The smallest absolute Gasteiger partial charge is 0.412 e. The molecule has 0 aromatic heterocycles. The molecule has 8 heteroatoms. The lowest BCUT2D eigenvalue weighted by Crippen LogP contribution is -2.27. The zero-order valence-corrected chi connectivity index (χ0v) is 12.7. The zero-order chi connectivity index (χ0) is 14.7. The Morgan fingerprint density at radius 2 is 2.15 bits per heavy atom. The Morgan fingerprint density at radius 3 is 2.80 bits per heavy atom. The number of hydrogen-bond acceptors (Lipinski definition) is 5. The molecular weight excluding hydrogens is 323 g/mol. The molecule has 106 valence electrons. The molecular formula is C12H10Cl2N2O3S. The topological polar surface area (TPSA) is 67.8 Å². The van der Waals surface area contributed by atoms with Crippen molar-refractivity contribution in [1.82, 2.24) is 5.32 Å². The van der Waals surface area contributed by atoms with E-state index in [9.17, 15) is 9.59 Å². The third-order valence-electron chi connectivity index (χ3n) is 2.55. The largest absolute Gasteiger partial charge is 0.453 e. The molecule has 1 aromatic carbocycles. The third kappa shape index (κ3) is 3.45. The minimum absolute atomic E-state index is 0.169. The molecule has 0 bridgehead atoms. The number of methoxy groups -OCH3 is 1. The Kier molecular flexibility index (Phi) is 4.91. The van der Waals surface area contributed by atoms with Crippen LogP contribution >= 0.6 is 35.0 Å². The van der Waals surface area contributed by atoms with Crippen LogP contribution in [-0.2, 0) is 4.74 Å². The number of ketones is 1. The SMILES string of the molecule is COC(=O)NC1=NC(C(=O)c2ccc(Cl)c(Cl)c2)CS1. The predicted molar refractivity (Wildman–Crippen MR) is 80.0 cm³/mol. The standard InChI is InChI=1S/C12H10Cl2N2O3S/c1-19-12(18)16-11-15-9(5-20-11)10(17)6-2-3-7(13)8(14)4-6/h2-4,9H,5H2,1H3,(H,15,16,18). The van der Waals surface area contributed by atoms with Gasteiger partial charge in [0.2, 0.25) is 0 Å². The molecule has 1 heterocycles. The molecule has 0 fully saturated rings. The van der Waals surface area contributed by atoms with E-state index in [0.29, 0.717) is 26.5 Å². The highest BCUT2D eigenvalue weighted by atomic mass is 35.5. The van der Waals surface area contributed by atoms with Crippen LogP contribution in [0.2, 0.25) is 10.0 Å². The maximum Gasteiger partial charge on any atom is 0.412 e. The maximum atomic E-state index is 12.2. The summed E-state index contributed by atoms with van der Waals surface area (Å²) in [5.74, 6) is 0.288. The van der Waals surface area contributed by atoms with Gasteiger partial charge in [-0.15, -0.1) is 0 Å². The normalized spacial score (nSPS) is 17.6. The molecule has 0 radical (unpaired) electrons. The summed E-state index contributed by atoms with van der Waals surface area (Å²) in [6, 6.07) is 4.13. The van der Waals surface area contributed by atoms with Gasteiger partial charge in [0.25, 0.3) is 0 Å². The summed E-state index contributed by atoms with van der Waals surface area (Å²) in [4.78, 5) is 27.4. The molecule has 0 saturated heterocycles. The molecule has 0 spiro atoms. The van der Waals surface area contributed by atoms with Gasteiger partial charge in [-0.05, 0) is 18.2 Å². The van der Waals surface area contributed by atoms with Gasteiger partial charge in [0.1, 0.15) is 6.04 Å². The third-order valence-corrected chi connectivity index (χ3v) is 4.25. The van der Waals surface area contributed by atoms with Crippen LogP contribution in [0.5, 0.6) is 0 Å². The fraction of sp³-hybridized carbons (Fsp3) is 0.250. The lowest BCUT2D eigenvalue weighted by Gasteiger charge is -2.05. The van der Waals surface area contributed by atoms with E-state index >= 15 is 0 Å². The van der Waals surface area contributed by atoms with Gasteiger partial charge in [-0.3, -0.25) is 10.1 Å². The Morgan fingerprint density at radius 1 is 1.40 bits per heavy atom. The Hall–Kier alpha value is -1.24. The molecule has 2 rings (SSSR count). The van der Waals surface area contributed by atoms with Gasteiger partial charge in [0, 0.05) is 11.3 Å². The Balaban J connectivity index is 2.10. The Bertz CT molecular complexity index is 592. The van der Waals surface area contributed by atoms with E-state index in [4.69, 9.17) is 23.2 Å². The lowest BCUT2D eigenvalue weighted by atomic mass is 10.1. The molecule has 1 unspecified atom stereocenters. The number of carbonyl (C=O) groups is 2. The van der Waals surface area contributed by atoms with Gasteiger partial charge >= 0.3 is 6.09 Å². The second-order valence-corrected chi connectivity index (χ2v) is 5.69. The first-order valence-electron chi connectivity index (χ1n) is 5.56. The van der Waals surface area contributed by atoms with Gasteiger partial charge in [0.15, 0.2) is 11.0 Å². The summed E-state index contributed by atoms with van der Waals surface area (Å²) >= 11 is 13.0. The lowest BCUT2D eigenvalue weighted by molar-refractivity contribution is 0.0971. The van der Waals surface area contributed by atoms with Crippen LogP contribution in [-0.4, -0.2) is 35.9 Å². The number of carbonyl (C=O) groups excluding carboxylic acids is 2. The molecule has 1 aromatic rings. The van der Waals surface area contributed by atoms with Gasteiger partial charge in [0.05, 0.1) is 17.2 Å². The molecule has 1 amide bonds. The molecule has 1 aliphatic rings.